The minimum absolute atomic E-state index is 0.0496. The summed E-state index contributed by atoms with van der Waals surface area (Å²) in [6.45, 7) is 4.06. The molecule has 0 aromatic heterocycles. The molecule has 0 aliphatic rings. The number of amides is 1. The third kappa shape index (κ3) is 24.4. The van der Waals surface area contributed by atoms with Crippen LogP contribution in [0.4, 0.5) is 0 Å². The summed E-state index contributed by atoms with van der Waals surface area (Å²) in [7, 11) is 0. The predicted molar refractivity (Wildman–Crippen MR) is 157 cm³/mol. The maximum Gasteiger partial charge on any atom is 0.223 e. The van der Waals surface area contributed by atoms with Crippen molar-refractivity contribution in [2.75, 3.05) is 6.61 Å². The van der Waals surface area contributed by atoms with Gasteiger partial charge in [0, 0.05) is 0 Å². The smallest absolute Gasteiger partial charge is 0.223 e. The molecule has 4 N–H and O–H groups in total. The highest BCUT2D eigenvalue weighted by Crippen LogP contribution is 2.08. The molecule has 0 saturated carbocycles. The lowest BCUT2D eigenvalue weighted by Gasteiger charge is -2.20. The van der Waals surface area contributed by atoms with E-state index in [4.69, 9.17) is 0 Å². The van der Waals surface area contributed by atoms with Gasteiger partial charge < -0.3 is 20.6 Å². The van der Waals surface area contributed by atoms with Crippen LogP contribution in [0.3, 0.4) is 0 Å². The molecule has 0 aromatic carbocycles. The van der Waals surface area contributed by atoms with Crippen LogP contribution < -0.4 is 5.32 Å². The Morgan fingerprint density at radius 3 is 1.73 bits per heavy atom. The van der Waals surface area contributed by atoms with Crippen LogP contribution in [-0.2, 0) is 4.79 Å². The molecule has 3 unspecified atom stereocenters. The maximum atomic E-state index is 12.2. The van der Waals surface area contributed by atoms with E-state index in [1.54, 1.807) is 6.08 Å². The van der Waals surface area contributed by atoms with Crippen LogP contribution in [0.25, 0.3) is 0 Å². The molecule has 0 spiro atoms. The molecule has 0 aliphatic heterocycles. The Kier molecular flexibility index (Phi) is 26.1. The van der Waals surface area contributed by atoms with Crippen LogP contribution in [0.5, 0.6) is 0 Å². The van der Waals surface area contributed by atoms with E-state index in [0.717, 1.165) is 38.5 Å². The summed E-state index contributed by atoms with van der Waals surface area (Å²) < 4.78 is 0. The Bertz CT molecular complexity index is 626. The summed E-state index contributed by atoms with van der Waals surface area (Å²) in [6, 6.07) is -0.779. The average Bonchev–Trinajstić information content (AvgIpc) is 2.88. The standard InChI is InChI=1S/C32H57NO4/c1-3-5-7-9-11-12-13-14-15-16-17-18-20-22-24-26-31(36)30(28-34)33-32(37)27-29(35)25-23-21-19-10-8-6-4-2/h13-14,17-18,21,23-24,26,29-31,34-36H,3-12,15-16,19-20,22,25,27-28H2,1-2H3,(H,33,37)/b14-13+,18-17+,23-21-,26-24+. The van der Waals surface area contributed by atoms with Crippen LogP contribution >= 0.6 is 0 Å². The third-order valence-electron chi connectivity index (χ3n) is 6.32. The number of carbonyl (C=O) groups is 1. The monoisotopic (exact) mass is 519 g/mol. The number of allylic oxidation sites excluding steroid dienone is 6. The quantitative estimate of drug-likeness (QED) is 0.0766. The molecule has 37 heavy (non-hydrogen) atoms. The van der Waals surface area contributed by atoms with Gasteiger partial charge in [-0.2, -0.15) is 0 Å². The van der Waals surface area contributed by atoms with Gasteiger partial charge in [0.1, 0.15) is 0 Å². The second-order valence-electron chi connectivity index (χ2n) is 9.99. The number of aliphatic hydroxyl groups excluding tert-OH is 3. The van der Waals surface area contributed by atoms with Crippen molar-refractivity contribution < 1.29 is 20.1 Å². The average molecular weight is 520 g/mol. The van der Waals surface area contributed by atoms with Gasteiger partial charge in [-0.25, -0.2) is 0 Å². The number of hydrogen-bond acceptors (Lipinski definition) is 4. The highest BCUT2D eigenvalue weighted by molar-refractivity contribution is 5.76. The van der Waals surface area contributed by atoms with Gasteiger partial charge in [0.15, 0.2) is 0 Å². The first kappa shape index (κ1) is 35.3. The minimum atomic E-state index is -0.967. The van der Waals surface area contributed by atoms with Crippen LogP contribution in [0, 0.1) is 0 Å². The van der Waals surface area contributed by atoms with Crippen molar-refractivity contribution in [3.8, 4) is 0 Å². The molecule has 0 saturated heterocycles. The van der Waals surface area contributed by atoms with Crippen molar-refractivity contribution in [2.24, 2.45) is 0 Å². The van der Waals surface area contributed by atoms with Crippen LogP contribution in [0.15, 0.2) is 48.6 Å². The summed E-state index contributed by atoms with van der Waals surface area (Å²) in [5.74, 6) is -0.371. The fourth-order valence-electron chi connectivity index (χ4n) is 3.95. The molecule has 0 rings (SSSR count). The number of hydrogen-bond donors (Lipinski definition) is 4. The molecule has 0 fully saturated rings. The van der Waals surface area contributed by atoms with E-state index in [0.29, 0.717) is 6.42 Å². The summed E-state index contributed by atoms with van der Waals surface area (Å²) >= 11 is 0. The largest absolute Gasteiger partial charge is 0.394 e. The van der Waals surface area contributed by atoms with Gasteiger partial charge in [-0.05, 0) is 57.8 Å². The van der Waals surface area contributed by atoms with Crippen LogP contribution in [0.1, 0.15) is 123 Å². The van der Waals surface area contributed by atoms with E-state index in [2.05, 4.69) is 49.5 Å². The minimum Gasteiger partial charge on any atom is -0.394 e. The fourth-order valence-corrected chi connectivity index (χ4v) is 3.95. The number of nitrogens with one attached hydrogen (secondary N) is 1. The van der Waals surface area contributed by atoms with E-state index in [-0.39, 0.29) is 18.9 Å². The molecule has 0 radical (unpaired) electrons. The van der Waals surface area contributed by atoms with Gasteiger partial charge in [-0.3, -0.25) is 4.79 Å². The van der Waals surface area contributed by atoms with Crippen molar-refractivity contribution in [3.63, 3.8) is 0 Å². The van der Waals surface area contributed by atoms with E-state index in [1.807, 2.05) is 12.2 Å². The molecule has 0 heterocycles. The highest BCUT2D eigenvalue weighted by Gasteiger charge is 2.19. The Morgan fingerprint density at radius 2 is 1.16 bits per heavy atom. The highest BCUT2D eigenvalue weighted by atomic mass is 16.3. The van der Waals surface area contributed by atoms with E-state index in [9.17, 15) is 20.1 Å². The molecule has 0 aromatic rings. The molecule has 3 atom stereocenters. The zero-order chi connectivity index (χ0) is 27.4. The number of aliphatic hydroxyl groups is 3. The van der Waals surface area contributed by atoms with Gasteiger partial charge in [0.2, 0.25) is 5.91 Å². The first-order valence-corrected chi connectivity index (χ1v) is 14.9. The molecule has 0 aliphatic carbocycles. The molecular weight excluding hydrogens is 462 g/mol. The van der Waals surface area contributed by atoms with Gasteiger partial charge in [-0.15, -0.1) is 0 Å². The van der Waals surface area contributed by atoms with Gasteiger partial charge in [-0.1, -0.05) is 107 Å². The Hall–Kier alpha value is -1.69. The van der Waals surface area contributed by atoms with Gasteiger partial charge in [0.05, 0.1) is 31.3 Å². The summed E-state index contributed by atoms with van der Waals surface area (Å²) in [4.78, 5) is 12.2. The summed E-state index contributed by atoms with van der Waals surface area (Å²) in [5, 5.41) is 32.6. The Balaban J connectivity index is 3.98. The van der Waals surface area contributed by atoms with Crippen molar-refractivity contribution in [1.82, 2.24) is 5.32 Å². The Morgan fingerprint density at radius 1 is 0.676 bits per heavy atom. The van der Waals surface area contributed by atoms with Crippen LogP contribution in [-0.4, -0.2) is 46.1 Å². The first-order valence-electron chi connectivity index (χ1n) is 14.9. The molecule has 1 amide bonds. The van der Waals surface area contributed by atoms with E-state index < -0.39 is 18.2 Å². The predicted octanol–water partition coefficient (Wildman–Crippen LogP) is 7.08. The SMILES string of the molecule is CCCCCC/C=C\CC(O)CC(=O)NC(CO)C(O)/C=C/CC/C=C/CC/C=C/CCCCCCC. The molecule has 0 bridgehead atoms. The second-order valence-corrected chi connectivity index (χ2v) is 9.99. The normalized spacial score (nSPS) is 14.8. The van der Waals surface area contributed by atoms with Crippen molar-refractivity contribution >= 4 is 5.91 Å². The van der Waals surface area contributed by atoms with Crippen molar-refractivity contribution in [2.45, 2.75) is 141 Å². The second kappa shape index (κ2) is 27.3. The van der Waals surface area contributed by atoms with E-state index in [1.165, 1.54) is 57.8 Å². The zero-order valence-corrected chi connectivity index (χ0v) is 23.8. The van der Waals surface area contributed by atoms with Crippen molar-refractivity contribution in [3.05, 3.63) is 48.6 Å². The molecule has 5 nitrogen and oxygen atoms in total. The summed E-state index contributed by atoms with van der Waals surface area (Å²) in [6.07, 6.45) is 32.5. The number of unbranched alkanes of at least 4 members (excludes halogenated alkanes) is 11. The molecule has 214 valence electrons. The van der Waals surface area contributed by atoms with E-state index >= 15 is 0 Å². The zero-order valence-electron chi connectivity index (χ0n) is 23.8. The molecular formula is C32H57NO4. The third-order valence-corrected chi connectivity index (χ3v) is 6.32. The number of carbonyl (C=O) groups excluding carboxylic acids is 1. The lowest BCUT2D eigenvalue weighted by molar-refractivity contribution is -0.124. The molecule has 5 heteroatoms. The topological polar surface area (TPSA) is 89.8 Å². The first-order chi connectivity index (χ1) is 18.0. The lowest BCUT2D eigenvalue weighted by atomic mass is 10.1. The maximum absolute atomic E-state index is 12.2. The van der Waals surface area contributed by atoms with Crippen LogP contribution in [0.2, 0.25) is 0 Å². The Labute approximate surface area is 227 Å². The van der Waals surface area contributed by atoms with Crippen molar-refractivity contribution in [1.29, 1.82) is 0 Å². The number of rotatable bonds is 25. The summed E-state index contributed by atoms with van der Waals surface area (Å²) in [5.41, 5.74) is 0. The fraction of sp³-hybridized carbons (Fsp3) is 0.719. The lowest BCUT2D eigenvalue weighted by Crippen LogP contribution is -2.45. The van der Waals surface area contributed by atoms with Gasteiger partial charge in [0.25, 0.3) is 0 Å². The van der Waals surface area contributed by atoms with Gasteiger partial charge >= 0.3 is 0 Å².